The third-order valence-corrected chi connectivity index (χ3v) is 4.39. The maximum Gasteiger partial charge on any atom is 0.254 e. The van der Waals surface area contributed by atoms with Gasteiger partial charge in [0.05, 0.1) is 0 Å². The molecule has 0 radical (unpaired) electrons. The van der Waals surface area contributed by atoms with Crippen molar-refractivity contribution in [1.82, 2.24) is 10.2 Å². The summed E-state index contributed by atoms with van der Waals surface area (Å²) in [5.74, 6) is -1.30. The molecule has 136 valence electrons. The first-order valence-electron chi connectivity index (χ1n) is 8.29. The van der Waals surface area contributed by atoms with Crippen molar-refractivity contribution in [1.29, 1.82) is 0 Å². The number of hydrogen-bond acceptors (Lipinski definition) is 4. The van der Waals surface area contributed by atoms with Gasteiger partial charge in [-0.15, -0.1) is 0 Å². The molecule has 7 heteroatoms. The second kappa shape index (κ2) is 7.53. The van der Waals surface area contributed by atoms with Gasteiger partial charge in [-0.3, -0.25) is 9.59 Å². The largest absolute Gasteiger partial charge is 0.508 e. The van der Waals surface area contributed by atoms with Crippen LogP contribution in [0.4, 0.5) is 4.39 Å². The molecular formula is C19H19FN2O4. The summed E-state index contributed by atoms with van der Waals surface area (Å²) in [6.07, 6.45) is 0.175. The molecule has 2 aromatic carbocycles. The molecule has 2 aromatic rings. The number of hydrogen-bond donors (Lipinski definition) is 3. The van der Waals surface area contributed by atoms with Gasteiger partial charge in [-0.2, -0.15) is 0 Å². The number of carbonyl (C=O) groups excluding carboxylic acids is 2. The molecule has 3 N–H and O–H groups in total. The quantitative estimate of drug-likeness (QED) is 0.773. The van der Waals surface area contributed by atoms with Crippen molar-refractivity contribution in [2.24, 2.45) is 0 Å². The summed E-state index contributed by atoms with van der Waals surface area (Å²) in [6, 6.07) is 9.58. The van der Waals surface area contributed by atoms with E-state index < -0.39 is 11.9 Å². The first-order chi connectivity index (χ1) is 12.5. The van der Waals surface area contributed by atoms with Crippen molar-refractivity contribution in [2.45, 2.75) is 12.5 Å². The number of carbonyl (C=O) groups is 2. The first kappa shape index (κ1) is 17.9. The lowest BCUT2D eigenvalue weighted by Gasteiger charge is -2.34. The SMILES string of the molecule is O=C1NCCN(C(=O)c2ccc(-c3ccc(O)cc3F)cc2)C1CCO. The summed E-state index contributed by atoms with van der Waals surface area (Å²) >= 11 is 0. The third kappa shape index (κ3) is 3.52. The van der Waals surface area contributed by atoms with Crippen molar-refractivity contribution < 1.29 is 24.2 Å². The second-order valence-corrected chi connectivity index (χ2v) is 6.06. The van der Waals surface area contributed by atoms with Gasteiger partial charge in [0.25, 0.3) is 5.91 Å². The van der Waals surface area contributed by atoms with Crippen LogP contribution in [0.15, 0.2) is 42.5 Å². The summed E-state index contributed by atoms with van der Waals surface area (Å²) in [4.78, 5) is 26.2. The van der Waals surface area contributed by atoms with Crippen LogP contribution in [0.1, 0.15) is 16.8 Å². The molecule has 1 fully saturated rings. The molecule has 1 aliphatic heterocycles. The number of nitrogens with zero attached hydrogens (tertiary/aromatic N) is 1. The molecule has 1 aliphatic rings. The normalized spacial score (nSPS) is 17.1. The predicted octanol–water partition coefficient (Wildman–Crippen LogP) is 1.52. The lowest BCUT2D eigenvalue weighted by molar-refractivity contribution is -0.128. The van der Waals surface area contributed by atoms with Crippen molar-refractivity contribution >= 4 is 11.8 Å². The van der Waals surface area contributed by atoms with E-state index in [4.69, 9.17) is 5.11 Å². The van der Waals surface area contributed by atoms with E-state index in [2.05, 4.69) is 5.32 Å². The summed E-state index contributed by atoms with van der Waals surface area (Å²) in [5, 5.41) is 21.1. The smallest absolute Gasteiger partial charge is 0.254 e. The highest BCUT2D eigenvalue weighted by molar-refractivity contribution is 5.98. The van der Waals surface area contributed by atoms with Gasteiger partial charge in [-0.05, 0) is 36.2 Å². The molecule has 1 atom stereocenters. The van der Waals surface area contributed by atoms with Crippen molar-refractivity contribution in [3.05, 3.63) is 53.8 Å². The molecule has 26 heavy (non-hydrogen) atoms. The standard InChI is InChI=1S/C19H19FN2O4/c20-16-11-14(24)5-6-15(16)12-1-3-13(4-2-12)19(26)22-9-8-21-18(25)17(22)7-10-23/h1-6,11,17,23-24H,7-10H2,(H,21,25). The number of halogens is 1. The number of phenolic OH excluding ortho intramolecular Hbond substituents is 1. The Bertz CT molecular complexity index is 823. The zero-order valence-electron chi connectivity index (χ0n) is 14.0. The van der Waals surface area contributed by atoms with Gasteiger partial charge >= 0.3 is 0 Å². The summed E-state index contributed by atoms with van der Waals surface area (Å²) in [7, 11) is 0. The van der Waals surface area contributed by atoms with E-state index in [1.54, 1.807) is 24.3 Å². The Morgan fingerprint density at radius 1 is 1.23 bits per heavy atom. The number of aromatic hydroxyl groups is 1. The Labute approximate surface area is 149 Å². The monoisotopic (exact) mass is 358 g/mol. The topological polar surface area (TPSA) is 89.9 Å². The maximum absolute atomic E-state index is 14.0. The van der Waals surface area contributed by atoms with Crippen LogP contribution in [0.25, 0.3) is 11.1 Å². The molecule has 0 aliphatic carbocycles. The third-order valence-electron chi connectivity index (χ3n) is 4.39. The van der Waals surface area contributed by atoms with E-state index in [1.807, 2.05) is 0 Å². The fourth-order valence-corrected chi connectivity index (χ4v) is 3.06. The lowest BCUT2D eigenvalue weighted by Crippen LogP contribution is -2.57. The van der Waals surface area contributed by atoms with Crippen molar-refractivity contribution in [3.8, 4) is 16.9 Å². The van der Waals surface area contributed by atoms with Crippen LogP contribution in [0.5, 0.6) is 5.75 Å². The van der Waals surface area contributed by atoms with Crippen LogP contribution in [0, 0.1) is 5.82 Å². The molecule has 0 bridgehead atoms. The van der Waals surface area contributed by atoms with Gasteiger partial charge < -0.3 is 20.4 Å². The number of benzene rings is 2. The summed E-state index contributed by atoms with van der Waals surface area (Å²) in [5.41, 5.74) is 1.27. The summed E-state index contributed by atoms with van der Waals surface area (Å²) in [6.45, 7) is 0.536. The predicted molar refractivity (Wildman–Crippen MR) is 93.0 cm³/mol. The fraction of sp³-hybridized carbons (Fsp3) is 0.263. The van der Waals surface area contributed by atoms with Gasteiger partial charge in [0.1, 0.15) is 17.6 Å². The Morgan fingerprint density at radius 3 is 2.62 bits per heavy atom. The second-order valence-electron chi connectivity index (χ2n) is 6.06. The zero-order chi connectivity index (χ0) is 18.7. The Kier molecular flexibility index (Phi) is 5.18. The van der Waals surface area contributed by atoms with Gasteiger partial charge in [0, 0.05) is 36.9 Å². The summed E-state index contributed by atoms with van der Waals surface area (Å²) < 4.78 is 14.0. The van der Waals surface area contributed by atoms with E-state index >= 15 is 0 Å². The molecule has 3 rings (SSSR count). The van der Waals surface area contributed by atoms with Crippen LogP contribution in [-0.4, -0.2) is 52.7 Å². The van der Waals surface area contributed by atoms with E-state index in [1.165, 1.54) is 17.0 Å². The van der Waals surface area contributed by atoms with E-state index in [9.17, 15) is 19.1 Å². The van der Waals surface area contributed by atoms with Crippen molar-refractivity contribution in [2.75, 3.05) is 19.7 Å². The van der Waals surface area contributed by atoms with Gasteiger partial charge in [-0.1, -0.05) is 12.1 Å². The lowest BCUT2D eigenvalue weighted by atomic mass is 10.0. The van der Waals surface area contributed by atoms with E-state index in [0.717, 1.165) is 6.07 Å². The van der Waals surface area contributed by atoms with Gasteiger partial charge in [0.2, 0.25) is 5.91 Å². The number of piperazine rings is 1. The highest BCUT2D eigenvalue weighted by atomic mass is 19.1. The maximum atomic E-state index is 14.0. The number of amides is 2. The van der Waals surface area contributed by atoms with Crippen LogP contribution < -0.4 is 5.32 Å². The van der Waals surface area contributed by atoms with Crippen LogP contribution in [-0.2, 0) is 4.79 Å². The van der Waals surface area contributed by atoms with Gasteiger partial charge in [0.15, 0.2) is 0 Å². The van der Waals surface area contributed by atoms with E-state index in [-0.39, 0.29) is 30.6 Å². The number of phenols is 1. The average Bonchev–Trinajstić information content (AvgIpc) is 2.63. The Hall–Kier alpha value is -2.93. The van der Waals surface area contributed by atoms with Crippen LogP contribution in [0.3, 0.4) is 0 Å². The molecule has 0 saturated carbocycles. The highest BCUT2D eigenvalue weighted by Gasteiger charge is 2.32. The highest BCUT2D eigenvalue weighted by Crippen LogP contribution is 2.26. The average molecular weight is 358 g/mol. The minimum absolute atomic E-state index is 0.156. The molecule has 1 saturated heterocycles. The number of nitrogens with one attached hydrogen (secondary N) is 1. The Morgan fingerprint density at radius 2 is 1.96 bits per heavy atom. The molecular weight excluding hydrogens is 339 g/mol. The minimum Gasteiger partial charge on any atom is -0.508 e. The van der Waals surface area contributed by atoms with Crippen LogP contribution >= 0.6 is 0 Å². The van der Waals surface area contributed by atoms with E-state index in [0.29, 0.717) is 29.8 Å². The fourth-order valence-electron chi connectivity index (χ4n) is 3.06. The number of aliphatic hydroxyl groups excluding tert-OH is 1. The minimum atomic E-state index is -0.699. The van der Waals surface area contributed by atoms with Crippen molar-refractivity contribution in [3.63, 3.8) is 0 Å². The van der Waals surface area contributed by atoms with Gasteiger partial charge in [-0.25, -0.2) is 4.39 Å². The molecule has 2 amide bonds. The number of aliphatic hydroxyl groups is 1. The molecule has 1 unspecified atom stereocenters. The molecule has 0 aromatic heterocycles. The Balaban J connectivity index is 1.83. The van der Waals surface area contributed by atoms with Crippen LogP contribution in [0.2, 0.25) is 0 Å². The number of rotatable bonds is 4. The first-order valence-corrected chi connectivity index (χ1v) is 8.29. The molecule has 6 nitrogen and oxygen atoms in total. The molecule has 1 heterocycles. The molecule has 0 spiro atoms. The zero-order valence-corrected chi connectivity index (χ0v) is 14.0.